The van der Waals surface area contributed by atoms with Crippen LogP contribution in [0.2, 0.25) is 0 Å². The highest BCUT2D eigenvalue weighted by Gasteiger charge is 2.34. The van der Waals surface area contributed by atoms with Crippen molar-refractivity contribution in [3.05, 3.63) is 12.2 Å². The number of guanidine groups is 1. The van der Waals surface area contributed by atoms with Gasteiger partial charge in [-0.25, -0.2) is 9.78 Å². The second kappa shape index (κ2) is 6.84. The summed E-state index contributed by atoms with van der Waals surface area (Å²) in [6.07, 6.45) is 1.23. The van der Waals surface area contributed by atoms with E-state index in [9.17, 15) is 4.79 Å². The molecule has 1 fully saturated rings. The first kappa shape index (κ1) is 17.0. The molecule has 0 bridgehead atoms. The summed E-state index contributed by atoms with van der Waals surface area (Å²) in [6.45, 7) is 7.30. The molecule has 23 heavy (non-hydrogen) atoms. The lowest BCUT2D eigenvalue weighted by molar-refractivity contribution is 0.00701. The smallest absolute Gasteiger partial charge is 0.410 e. The Balaban J connectivity index is 1.73. The Morgan fingerprint density at radius 3 is 2.70 bits per heavy atom. The Morgan fingerprint density at radius 1 is 1.48 bits per heavy atom. The van der Waals surface area contributed by atoms with Gasteiger partial charge in [0, 0.05) is 27.2 Å². The van der Waals surface area contributed by atoms with Crippen LogP contribution in [0.25, 0.3) is 0 Å². The first-order valence-electron chi connectivity index (χ1n) is 7.56. The van der Waals surface area contributed by atoms with E-state index in [1.54, 1.807) is 16.6 Å². The van der Waals surface area contributed by atoms with Crippen molar-refractivity contribution in [1.82, 2.24) is 30.3 Å². The molecule has 128 valence electrons. The van der Waals surface area contributed by atoms with E-state index in [0.29, 0.717) is 25.6 Å². The standard InChI is InChI=1S/C14H25N7O2/c1-14(2,3)23-13(22)21-7-10(8-21)19-12(15-4)16-6-11-17-9-18-20(11)5/h9-10H,6-8H2,1-5H3,(H2,15,16,19). The largest absolute Gasteiger partial charge is 0.444 e. The number of carbonyl (C=O) groups excluding carboxylic acids is 1. The second-order valence-corrected chi connectivity index (χ2v) is 6.45. The number of aromatic nitrogens is 3. The summed E-state index contributed by atoms with van der Waals surface area (Å²) in [5.74, 6) is 1.48. The number of aliphatic imine (C=N–C) groups is 1. The second-order valence-electron chi connectivity index (χ2n) is 6.45. The molecule has 1 saturated heterocycles. The number of hydrogen-bond donors (Lipinski definition) is 2. The minimum absolute atomic E-state index is 0.160. The molecule has 1 aliphatic rings. The highest BCUT2D eigenvalue weighted by atomic mass is 16.6. The van der Waals surface area contributed by atoms with Crippen molar-refractivity contribution >= 4 is 12.1 Å². The van der Waals surface area contributed by atoms with Gasteiger partial charge in [-0.05, 0) is 20.8 Å². The third-order valence-electron chi connectivity index (χ3n) is 3.32. The van der Waals surface area contributed by atoms with Crippen LogP contribution in [0.1, 0.15) is 26.6 Å². The van der Waals surface area contributed by atoms with Crippen LogP contribution in [-0.4, -0.2) is 63.5 Å². The van der Waals surface area contributed by atoms with Crippen molar-refractivity contribution in [2.75, 3.05) is 20.1 Å². The number of nitrogens with zero attached hydrogens (tertiary/aromatic N) is 5. The normalized spacial score (nSPS) is 16.0. The van der Waals surface area contributed by atoms with Crippen molar-refractivity contribution in [3.63, 3.8) is 0 Å². The molecule has 2 heterocycles. The number of likely N-dealkylation sites (tertiary alicyclic amines) is 1. The van der Waals surface area contributed by atoms with E-state index < -0.39 is 5.60 Å². The number of amides is 1. The summed E-state index contributed by atoms with van der Waals surface area (Å²) in [5.41, 5.74) is -0.469. The van der Waals surface area contributed by atoms with Gasteiger partial charge in [0.05, 0.1) is 12.6 Å². The first-order valence-corrected chi connectivity index (χ1v) is 7.56. The van der Waals surface area contributed by atoms with Crippen molar-refractivity contribution in [2.24, 2.45) is 12.0 Å². The Bertz CT molecular complexity index is 570. The fourth-order valence-corrected chi connectivity index (χ4v) is 2.08. The lowest BCUT2D eigenvalue weighted by atomic mass is 10.1. The van der Waals surface area contributed by atoms with Crippen LogP contribution in [0, 0.1) is 0 Å². The number of ether oxygens (including phenoxy) is 1. The molecule has 0 atom stereocenters. The third-order valence-corrected chi connectivity index (χ3v) is 3.32. The van der Waals surface area contributed by atoms with Gasteiger partial charge in [-0.2, -0.15) is 5.10 Å². The zero-order valence-corrected chi connectivity index (χ0v) is 14.3. The van der Waals surface area contributed by atoms with E-state index >= 15 is 0 Å². The van der Waals surface area contributed by atoms with Gasteiger partial charge in [0.15, 0.2) is 5.96 Å². The third kappa shape index (κ3) is 4.83. The van der Waals surface area contributed by atoms with Crippen LogP contribution in [0.3, 0.4) is 0 Å². The Labute approximate surface area is 136 Å². The van der Waals surface area contributed by atoms with Gasteiger partial charge >= 0.3 is 6.09 Å². The minimum Gasteiger partial charge on any atom is -0.444 e. The van der Waals surface area contributed by atoms with E-state index in [0.717, 1.165) is 5.82 Å². The van der Waals surface area contributed by atoms with Crippen molar-refractivity contribution in [1.29, 1.82) is 0 Å². The van der Waals surface area contributed by atoms with Gasteiger partial charge in [-0.3, -0.25) is 9.67 Å². The lowest BCUT2D eigenvalue weighted by Crippen LogP contribution is -2.63. The van der Waals surface area contributed by atoms with E-state index in [-0.39, 0.29) is 12.1 Å². The molecule has 0 spiro atoms. The topological polar surface area (TPSA) is 96.7 Å². The number of aryl methyl sites for hydroxylation is 1. The van der Waals surface area contributed by atoms with Crippen LogP contribution >= 0.6 is 0 Å². The highest BCUT2D eigenvalue weighted by Crippen LogP contribution is 2.15. The van der Waals surface area contributed by atoms with E-state index in [2.05, 4.69) is 25.7 Å². The molecular weight excluding hydrogens is 298 g/mol. The molecule has 2 N–H and O–H groups in total. The molecule has 0 saturated carbocycles. The zero-order valence-electron chi connectivity index (χ0n) is 14.3. The van der Waals surface area contributed by atoms with Crippen LogP contribution < -0.4 is 10.6 Å². The quantitative estimate of drug-likeness (QED) is 0.605. The molecule has 0 radical (unpaired) electrons. The maximum atomic E-state index is 11.9. The van der Waals surface area contributed by atoms with Gasteiger partial charge in [-0.1, -0.05) is 0 Å². The number of rotatable bonds is 3. The van der Waals surface area contributed by atoms with E-state index in [1.165, 1.54) is 6.33 Å². The SMILES string of the molecule is CN=C(NCc1ncnn1C)NC1CN(C(=O)OC(C)(C)C)C1. The molecule has 1 aromatic heterocycles. The predicted octanol–water partition coefficient (Wildman–Crippen LogP) is 0.0994. The Morgan fingerprint density at radius 2 is 2.17 bits per heavy atom. The van der Waals surface area contributed by atoms with Gasteiger partial charge in [0.1, 0.15) is 17.8 Å². The average Bonchev–Trinajstić information content (AvgIpc) is 2.80. The van der Waals surface area contributed by atoms with E-state index in [4.69, 9.17) is 4.74 Å². The zero-order chi connectivity index (χ0) is 17.0. The maximum Gasteiger partial charge on any atom is 0.410 e. The van der Waals surface area contributed by atoms with Crippen molar-refractivity contribution in [3.8, 4) is 0 Å². The number of nitrogens with one attached hydrogen (secondary N) is 2. The Hall–Kier alpha value is -2.32. The average molecular weight is 323 g/mol. The van der Waals surface area contributed by atoms with Gasteiger partial charge < -0.3 is 20.3 Å². The fraction of sp³-hybridized carbons (Fsp3) is 0.714. The number of carbonyl (C=O) groups is 1. The molecule has 1 amide bonds. The lowest BCUT2D eigenvalue weighted by Gasteiger charge is -2.40. The summed E-state index contributed by atoms with van der Waals surface area (Å²) in [7, 11) is 3.54. The predicted molar refractivity (Wildman–Crippen MR) is 85.9 cm³/mol. The van der Waals surface area contributed by atoms with E-state index in [1.807, 2.05) is 27.8 Å². The number of hydrogen-bond acceptors (Lipinski definition) is 5. The molecule has 1 aromatic rings. The maximum absolute atomic E-state index is 11.9. The molecule has 2 rings (SSSR count). The monoisotopic (exact) mass is 323 g/mol. The summed E-state index contributed by atoms with van der Waals surface area (Å²) in [4.78, 5) is 21.9. The van der Waals surface area contributed by atoms with Crippen LogP contribution in [0.4, 0.5) is 4.79 Å². The van der Waals surface area contributed by atoms with Crippen LogP contribution in [0.5, 0.6) is 0 Å². The summed E-state index contributed by atoms with van der Waals surface area (Å²) >= 11 is 0. The molecular formula is C14H25N7O2. The highest BCUT2D eigenvalue weighted by molar-refractivity contribution is 5.80. The molecule has 9 nitrogen and oxygen atoms in total. The minimum atomic E-state index is -0.469. The molecule has 0 unspecified atom stereocenters. The van der Waals surface area contributed by atoms with Crippen molar-refractivity contribution in [2.45, 2.75) is 39.0 Å². The molecule has 1 aliphatic heterocycles. The summed E-state index contributed by atoms with van der Waals surface area (Å²) in [5, 5.41) is 10.5. The van der Waals surface area contributed by atoms with Gasteiger partial charge in [0.2, 0.25) is 0 Å². The van der Waals surface area contributed by atoms with Crippen LogP contribution in [-0.2, 0) is 18.3 Å². The molecule has 0 aliphatic carbocycles. The fourth-order valence-electron chi connectivity index (χ4n) is 2.08. The van der Waals surface area contributed by atoms with Crippen molar-refractivity contribution < 1.29 is 9.53 Å². The summed E-state index contributed by atoms with van der Waals surface area (Å²) < 4.78 is 7.03. The first-order chi connectivity index (χ1) is 10.8. The molecule has 0 aromatic carbocycles. The Kier molecular flexibility index (Phi) is 5.07. The van der Waals surface area contributed by atoms with Crippen LogP contribution in [0.15, 0.2) is 11.3 Å². The van der Waals surface area contributed by atoms with Gasteiger partial charge in [-0.15, -0.1) is 0 Å². The summed E-state index contributed by atoms with van der Waals surface area (Å²) in [6, 6.07) is 0.160. The van der Waals surface area contributed by atoms with Gasteiger partial charge in [0.25, 0.3) is 0 Å². The molecule has 9 heteroatoms.